The SMILES string of the molecule is C[C@H](Sc1nnc(Cc2cccc3ccccc23)n1C1CCCCC1)C(=O)NCc1ccco1. The van der Waals surface area contributed by atoms with Crippen LogP contribution in [0, 0.1) is 0 Å². The molecule has 1 aliphatic rings. The Kier molecular flexibility index (Phi) is 7.00. The first kappa shape index (κ1) is 22.7. The van der Waals surface area contributed by atoms with E-state index in [4.69, 9.17) is 4.42 Å². The van der Waals surface area contributed by atoms with Crippen LogP contribution >= 0.6 is 11.8 Å². The van der Waals surface area contributed by atoms with Gasteiger partial charge in [-0.1, -0.05) is 73.5 Å². The number of nitrogens with zero attached hydrogens (tertiary/aromatic N) is 3. The minimum Gasteiger partial charge on any atom is -0.467 e. The Morgan fingerprint density at radius 1 is 1.09 bits per heavy atom. The monoisotopic (exact) mass is 474 g/mol. The van der Waals surface area contributed by atoms with E-state index in [2.05, 4.69) is 62.5 Å². The minimum atomic E-state index is -0.285. The molecule has 4 aromatic rings. The quantitative estimate of drug-likeness (QED) is 0.321. The van der Waals surface area contributed by atoms with E-state index in [0.29, 0.717) is 12.6 Å². The van der Waals surface area contributed by atoms with E-state index in [1.165, 1.54) is 47.4 Å². The van der Waals surface area contributed by atoms with Crippen LogP contribution < -0.4 is 5.32 Å². The lowest BCUT2D eigenvalue weighted by molar-refractivity contribution is -0.120. The van der Waals surface area contributed by atoms with Crippen LogP contribution in [0.4, 0.5) is 0 Å². The number of carbonyl (C=O) groups is 1. The van der Waals surface area contributed by atoms with E-state index in [1.54, 1.807) is 6.26 Å². The highest BCUT2D eigenvalue weighted by Gasteiger charge is 2.26. The van der Waals surface area contributed by atoms with Crippen LogP contribution in [0.25, 0.3) is 10.8 Å². The highest BCUT2D eigenvalue weighted by molar-refractivity contribution is 8.00. The maximum atomic E-state index is 12.7. The molecular weight excluding hydrogens is 444 g/mol. The number of furan rings is 1. The lowest BCUT2D eigenvalue weighted by Gasteiger charge is -2.26. The zero-order valence-electron chi connectivity index (χ0n) is 19.4. The van der Waals surface area contributed by atoms with Gasteiger partial charge in [-0.15, -0.1) is 10.2 Å². The first-order valence-corrected chi connectivity index (χ1v) is 12.9. The molecule has 0 aliphatic heterocycles. The molecule has 1 fully saturated rings. The second kappa shape index (κ2) is 10.5. The van der Waals surface area contributed by atoms with Crippen LogP contribution in [-0.4, -0.2) is 25.9 Å². The normalized spacial score (nSPS) is 15.4. The van der Waals surface area contributed by atoms with Crippen molar-refractivity contribution in [3.8, 4) is 0 Å². The van der Waals surface area contributed by atoms with E-state index in [0.717, 1.165) is 36.0 Å². The molecular formula is C27H30N4O2S. The molecule has 1 aliphatic carbocycles. The van der Waals surface area contributed by atoms with Gasteiger partial charge in [0.2, 0.25) is 5.91 Å². The fourth-order valence-corrected chi connectivity index (χ4v) is 5.74. The summed E-state index contributed by atoms with van der Waals surface area (Å²) in [7, 11) is 0. The molecule has 176 valence electrons. The number of rotatable bonds is 8. The van der Waals surface area contributed by atoms with Gasteiger partial charge < -0.3 is 14.3 Å². The molecule has 1 N–H and O–H groups in total. The Morgan fingerprint density at radius 2 is 1.91 bits per heavy atom. The third-order valence-electron chi connectivity index (χ3n) is 6.57. The molecule has 1 saturated carbocycles. The average molecular weight is 475 g/mol. The van der Waals surface area contributed by atoms with Gasteiger partial charge in [0.25, 0.3) is 0 Å². The second-order valence-electron chi connectivity index (χ2n) is 8.93. The number of fused-ring (bicyclic) bond motifs is 1. The first-order valence-electron chi connectivity index (χ1n) is 12.1. The van der Waals surface area contributed by atoms with Crippen molar-refractivity contribution in [2.75, 3.05) is 0 Å². The third-order valence-corrected chi connectivity index (χ3v) is 7.63. The molecule has 34 heavy (non-hydrogen) atoms. The average Bonchev–Trinajstić information content (AvgIpc) is 3.53. The van der Waals surface area contributed by atoms with Gasteiger partial charge in [-0.25, -0.2) is 0 Å². The Hall–Kier alpha value is -3.06. The number of benzene rings is 2. The molecule has 1 atom stereocenters. The van der Waals surface area contributed by atoms with Gasteiger partial charge in [-0.3, -0.25) is 4.79 Å². The van der Waals surface area contributed by atoms with Crippen LogP contribution in [0.2, 0.25) is 0 Å². The Bertz CT molecular complexity index is 1240. The van der Waals surface area contributed by atoms with E-state index in [9.17, 15) is 4.79 Å². The van der Waals surface area contributed by atoms with Crippen molar-refractivity contribution in [1.82, 2.24) is 20.1 Å². The minimum absolute atomic E-state index is 0.0322. The summed E-state index contributed by atoms with van der Waals surface area (Å²) in [6, 6.07) is 19.0. The number of amides is 1. The Balaban J connectivity index is 1.38. The molecule has 6 nitrogen and oxygen atoms in total. The predicted molar refractivity (Wildman–Crippen MR) is 135 cm³/mol. The maximum absolute atomic E-state index is 12.7. The standard InChI is InChI=1S/C27H30N4O2S/c1-19(26(32)28-18-23-14-8-16-33-23)34-27-30-29-25(31(27)22-12-3-2-4-13-22)17-21-11-7-10-20-9-5-6-15-24(20)21/h5-11,14-16,19,22H,2-4,12-13,17-18H2,1H3,(H,28,32)/t19-/m0/s1. The topological polar surface area (TPSA) is 73.0 Å². The van der Waals surface area contributed by atoms with Crippen LogP contribution in [0.15, 0.2) is 70.4 Å². The van der Waals surface area contributed by atoms with Gasteiger partial charge in [-0.2, -0.15) is 0 Å². The summed E-state index contributed by atoms with van der Waals surface area (Å²) in [6.07, 6.45) is 8.33. The number of aromatic nitrogens is 3. The number of thioether (sulfide) groups is 1. The molecule has 7 heteroatoms. The first-order chi connectivity index (χ1) is 16.7. The third kappa shape index (κ3) is 5.04. The number of hydrogen-bond acceptors (Lipinski definition) is 5. The summed E-state index contributed by atoms with van der Waals surface area (Å²) in [4.78, 5) is 12.7. The lowest BCUT2D eigenvalue weighted by Crippen LogP contribution is -2.30. The second-order valence-corrected chi connectivity index (χ2v) is 10.2. The van der Waals surface area contributed by atoms with Crippen LogP contribution in [-0.2, 0) is 17.8 Å². The van der Waals surface area contributed by atoms with Gasteiger partial charge in [0.15, 0.2) is 5.16 Å². The van der Waals surface area contributed by atoms with Crippen molar-refractivity contribution in [2.24, 2.45) is 0 Å². The molecule has 0 unspecified atom stereocenters. The predicted octanol–water partition coefficient (Wildman–Crippen LogP) is 5.92. The van der Waals surface area contributed by atoms with Crippen LogP contribution in [0.1, 0.15) is 62.2 Å². The number of nitrogens with one attached hydrogen (secondary N) is 1. The van der Waals surface area contributed by atoms with Gasteiger partial charge >= 0.3 is 0 Å². The fourth-order valence-electron chi connectivity index (χ4n) is 4.77. The largest absolute Gasteiger partial charge is 0.467 e. The van der Waals surface area contributed by atoms with Crippen molar-refractivity contribution in [3.05, 3.63) is 78.0 Å². The van der Waals surface area contributed by atoms with Gasteiger partial charge in [-0.05, 0) is 48.2 Å². The van der Waals surface area contributed by atoms with Crippen molar-refractivity contribution < 1.29 is 9.21 Å². The zero-order chi connectivity index (χ0) is 23.3. The molecule has 2 aromatic carbocycles. The fraction of sp³-hybridized carbons (Fsp3) is 0.370. The summed E-state index contributed by atoms with van der Waals surface area (Å²) in [5, 5.41) is 15.2. The maximum Gasteiger partial charge on any atom is 0.233 e. The van der Waals surface area contributed by atoms with Crippen molar-refractivity contribution in [2.45, 2.75) is 68.4 Å². The smallest absolute Gasteiger partial charge is 0.233 e. The molecule has 0 bridgehead atoms. The van der Waals surface area contributed by atoms with Crippen molar-refractivity contribution >= 4 is 28.4 Å². The molecule has 0 saturated heterocycles. The highest BCUT2D eigenvalue weighted by Crippen LogP contribution is 2.35. The van der Waals surface area contributed by atoms with Crippen molar-refractivity contribution in [1.29, 1.82) is 0 Å². The van der Waals surface area contributed by atoms with Gasteiger partial charge in [0, 0.05) is 12.5 Å². The Morgan fingerprint density at radius 3 is 2.74 bits per heavy atom. The molecule has 1 amide bonds. The Labute approximate surface area is 204 Å². The summed E-state index contributed by atoms with van der Waals surface area (Å²) >= 11 is 1.49. The van der Waals surface area contributed by atoms with Crippen LogP contribution in [0.5, 0.6) is 0 Å². The summed E-state index contributed by atoms with van der Waals surface area (Å²) < 4.78 is 7.64. The van der Waals surface area contributed by atoms with Crippen molar-refractivity contribution in [3.63, 3.8) is 0 Å². The van der Waals surface area contributed by atoms with E-state index in [1.807, 2.05) is 19.1 Å². The lowest BCUT2D eigenvalue weighted by atomic mass is 9.95. The van der Waals surface area contributed by atoms with E-state index < -0.39 is 0 Å². The zero-order valence-corrected chi connectivity index (χ0v) is 20.3. The van der Waals surface area contributed by atoms with Gasteiger partial charge in [0.05, 0.1) is 18.1 Å². The van der Waals surface area contributed by atoms with E-state index >= 15 is 0 Å². The van der Waals surface area contributed by atoms with E-state index in [-0.39, 0.29) is 11.2 Å². The molecule has 2 heterocycles. The van der Waals surface area contributed by atoms with Gasteiger partial charge in [0.1, 0.15) is 11.6 Å². The number of hydrogen-bond donors (Lipinski definition) is 1. The molecule has 0 spiro atoms. The number of carbonyl (C=O) groups excluding carboxylic acids is 1. The summed E-state index contributed by atoms with van der Waals surface area (Å²) in [5.41, 5.74) is 1.25. The molecule has 0 radical (unpaired) electrons. The van der Waals surface area contributed by atoms with Crippen LogP contribution in [0.3, 0.4) is 0 Å². The molecule has 5 rings (SSSR count). The summed E-state index contributed by atoms with van der Waals surface area (Å²) in [6.45, 7) is 2.31. The molecule has 2 aromatic heterocycles. The highest BCUT2D eigenvalue weighted by atomic mass is 32.2. The summed E-state index contributed by atoms with van der Waals surface area (Å²) in [5.74, 6) is 1.69.